The summed E-state index contributed by atoms with van der Waals surface area (Å²) < 4.78 is 25.8. The molecule has 0 atom stereocenters. The standard InChI is InChI=1S/C11H6F2N.C6H4NO.Ir/c12-8-4-5-9(10(13)7-8)11-3-1-2-6-14-11;8-5-6-3-1-2-4-7-6;/h1-4,6-7H;1-4H;/q2*-1;+3. The molecule has 0 amide bonds. The zero-order valence-corrected chi connectivity index (χ0v) is 14.1. The van der Waals surface area contributed by atoms with Crippen molar-refractivity contribution in [3.63, 3.8) is 0 Å². The van der Waals surface area contributed by atoms with Crippen molar-refractivity contribution in [2.75, 3.05) is 0 Å². The van der Waals surface area contributed by atoms with Crippen LogP contribution in [0.5, 0.6) is 0 Å². The van der Waals surface area contributed by atoms with Gasteiger partial charge in [-0.05, 0) is 11.8 Å². The van der Waals surface area contributed by atoms with Crippen molar-refractivity contribution in [1.82, 2.24) is 9.97 Å². The zero-order chi connectivity index (χ0) is 15.8. The van der Waals surface area contributed by atoms with E-state index >= 15 is 0 Å². The van der Waals surface area contributed by atoms with Crippen LogP contribution in [0, 0.1) is 17.7 Å². The summed E-state index contributed by atoms with van der Waals surface area (Å²) in [6.07, 6.45) is 4.77. The van der Waals surface area contributed by atoms with Gasteiger partial charge in [0.2, 0.25) is 0 Å². The number of benzene rings is 1. The van der Waals surface area contributed by atoms with Gasteiger partial charge in [0.25, 0.3) is 0 Å². The molecule has 2 heterocycles. The first-order valence-electron chi connectivity index (χ1n) is 6.28. The Hall–Kier alpha value is -2.30. The Bertz CT molecular complexity index is 740. The van der Waals surface area contributed by atoms with Gasteiger partial charge in [0.1, 0.15) is 0 Å². The maximum atomic E-state index is 13.2. The average Bonchev–Trinajstić information content (AvgIpc) is 2.57. The molecule has 0 bridgehead atoms. The van der Waals surface area contributed by atoms with Crippen molar-refractivity contribution >= 4 is 6.29 Å². The fourth-order valence-electron chi connectivity index (χ4n) is 1.58. The van der Waals surface area contributed by atoms with Crippen molar-refractivity contribution in [3.05, 3.63) is 84.3 Å². The van der Waals surface area contributed by atoms with Gasteiger partial charge in [-0.2, -0.15) is 6.07 Å². The quantitative estimate of drug-likeness (QED) is 0.520. The van der Waals surface area contributed by atoms with Crippen LogP contribution in [-0.4, -0.2) is 16.3 Å². The summed E-state index contributed by atoms with van der Waals surface area (Å²) in [4.78, 5) is 17.4. The number of pyridine rings is 2. The van der Waals surface area contributed by atoms with Crippen molar-refractivity contribution in [1.29, 1.82) is 0 Å². The minimum absolute atomic E-state index is 0. The smallest absolute Gasteiger partial charge is 0.417 e. The summed E-state index contributed by atoms with van der Waals surface area (Å²) in [5.41, 5.74) is 0.990. The molecular formula is C17H10F2IrN2O+. The van der Waals surface area contributed by atoms with Crippen LogP contribution in [0.1, 0.15) is 5.69 Å². The van der Waals surface area contributed by atoms with Crippen molar-refractivity contribution in [3.8, 4) is 11.3 Å². The largest absolute Gasteiger partial charge is 3.00 e. The summed E-state index contributed by atoms with van der Waals surface area (Å²) in [7, 11) is 0. The van der Waals surface area contributed by atoms with E-state index in [1.807, 2.05) is 0 Å². The van der Waals surface area contributed by atoms with Crippen molar-refractivity contribution < 1.29 is 33.7 Å². The molecule has 6 heteroatoms. The molecule has 0 saturated carbocycles. The van der Waals surface area contributed by atoms with Gasteiger partial charge in [-0.3, -0.25) is 13.8 Å². The van der Waals surface area contributed by atoms with E-state index in [9.17, 15) is 13.6 Å². The molecule has 3 nitrogen and oxygen atoms in total. The van der Waals surface area contributed by atoms with Gasteiger partial charge in [-0.25, -0.2) is 0 Å². The van der Waals surface area contributed by atoms with Gasteiger partial charge in [0.15, 0.2) is 0 Å². The molecule has 2 aromatic heterocycles. The first-order valence-corrected chi connectivity index (χ1v) is 6.28. The Morgan fingerprint density at radius 1 is 1.00 bits per heavy atom. The van der Waals surface area contributed by atoms with E-state index in [0.717, 1.165) is 12.1 Å². The number of rotatable bonds is 2. The number of halogens is 2. The molecule has 1 aromatic carbocycles. The van der Waals surface area contributed by atoms with E-state index in [-0.39, 0.29) is 25.7 Å². The first-order chi connectivity index (χ1) is 10.7. The van der Waals surface area contributed by atoms with Crippen LogP contribution in [0.4, 0.5) is 8.78 Å². The summed E-state index contributed by atoms with van der Waals surface area (Å²) in [6.45, 7) is 0. The molecule has 0 radical (unpaired) electrons. The number of hydrogen-bond donors (Lipinski definition) is 0. The predicted molar refractivity (Wildman–Crippen MR) is 77.5 cm³/mol. The minimum Gasteiger partial charge on any atom is -0.417 e. The third-order valence-corrected chi connectivity index (χ3v) is 2.55. The Morgan fingerprint density at radius 3 is 2.17 bits per heavy atom. The van der Waals surface area contributed by atoms with Gasteiger partial charge in [-0.15, -0.1) is 18.2 Å². The van der Waals surface area contributed by atoms with Gasteiger partial charge in [0.05, 0.1) is 0 Å². The summed E-state index contributed by atoms with van der Waals surface area (Å²) in [5.74, 6) is -1.29. The first kappa shape index (κ1) is 18.7. The van der Waals surface area contributed by atoms with Crippen LogP contribution < -0.4 is 0 Å². The van der Waals surface area contributed by atoms with Crippen LogP contribution in [0.15, 0.2) is 60.9 Å². The Labute approximate surface area is 145 Å². The van der Waals surface area contributed by atoms with Crippen LogP contribution in [-0.2, 0) is 24.9 Å². The van der Waals surface area contributed by atoms with Gasteiger partial charge in [0, 0.05) is 30.3 Å². The third kappa shape index (κ3) is 5.77. The van der Waals surface area contributed by atoms with E-state index in [1.165, 1.54) is 0 Å². The second-order valence-electron chi connectivity index (χ2n) is 4.07. The molecule has 23 heavy (non-hydrogen) atoms. The number of aromatic nitrogens is 2. The fraction of sp³-hybridized carbons (Fsp3) is 0. The van der Waals surface area contributed by atoms with E-state index in [2.05, 4.69) is 16.0 Å². The monoisotopic (exact) mass is 489 g/mol. The molecule has 0 aliphatic heterocycles. The summed E-state index contributed by atoms with van der Waals surface area (Å²) >= 11 is 0. The molecule has 0 unspecified atom stereocenters. The molecule has 0 spiro atoms. The van der Waals surface area contributed by atoms with Gasteiger partial charge in [-0.1, -0.05) is 35.5 Å². The topological polar surface area (TPSA) is 42.9 Å². The van der Waals surface area contributed by atoms with E-state index < -0.39 is 11.6 Å². The molecule has 0 N–H and O–H groups in total. The molecule has 0 saturated heterocycles. The molecule has 3 aromatic rings. The number of carbonyl (C=O) groups excluding carboxylic acids is 1. The summed E-state index contributed by atoms with van der Waals surface area (Å²) in [5, 5.41) is 0. The normalized spacial score (nSPS) is 9.13. The number of nitrogens with zero attached hydrogens (tertiary/aromatic N) is 2. The van der Waals surface area contributed by atoms with Crippen LogP contribution >= 0.6 is 0 Å². The van der Waals surface area contributed by atoms with E-state index in [1.54, 1.807) is 55.1 Å². The second-order valence-corrected chi connectivity index (χ2v) is 4.07. The molecule has 0 aliphatic rings. The maximum Gasteiger partial charge on any atom is 3.00 e. The van der Waals surface area contributed by atoms with Crippen molar-refractivity contribution in [2.24, 2.45) is 0 Å². The van der Waals surface area contributed by atoms with Crippen LogP contribution in [0.3, 0.4) is 0 Å². The molecule has 0 fully saturated rings. The number of hydrogen-bond acceptors (Lipinski definition) is 3. The Balaban J connectivity index is 0.000000253. The van der Waals surface area contributed by atoms with E-state index in [0.29, 0.717) is 11.4 Å². The molecule has 0 aliphatic carbocycles. The molecule has 116 valence electrons. The molecular weight excluding hydrogens is 478 g/mol. The second kappa shape index (κ2) is 9.66. The van der Waals surface area contributed by atoms with Crippen LogP contribution in [0.25, 0.3) is 11.3 Å². The maximum absolute atomic E-state index is 13.2. The zero-order valence-electron chi connectivity index (χ0n) is 11.7. The van der Waals surface area contributed by atoms with Crippen LogP contribution in [0.2, 0.25) is 0 Å². The predicted octanol–water partition coefficient (Wildman–Crippen LogP) is 3.36. The molecule has 3 rings (SSSR count). The van der Waals surface area contributed by atoms with Gasteiger partial charge >= 0.3 is 20.1 Å². The third-order valence-electron chi connectivity index (χ3n) is 2.55. The average molecular weight is 488 g/mol. The Kier molecular flexibility index (Phi) is 7.88. The fourth-order valence-corrected chi connectivity index (χ4v) is 1.58. The van der Waals surface area contributed by atoms with Gasteiger partial charge < -0.3 is 9.78 Å². The van der Waals surface area contributed by atoms with Crippen molar-refractivity contribution in [2.45, 2.75) is 0 Å². The summed E-state index contributed by atoms with van der Waals surface area (Å²) in [6, 6.07) is 14.6. The Morgan fingerprint density at radius 2 is 1.70 bits per heavy atom. The minimum atomic E-state index is -0.649. The SMILES string of the molecule is Fc1c[c-]c(-c2ccccn2)c(F)c1.O=[C-]c1ccccn1.[Ir+3]. The van der Waals surface area contributed by atoms with E-state index in [4.69, 9.17) is 0 Å².